The van der Waals surface area contributed by atoms with Crippen molar-refractivity contribution >= 4 is 28.6 Å². The second kappa shape index (κ2) is 6.23. The van der Waals surface area contributed by atoms with Crippen LogP contribution in [-0.2, 0) is 17.8 Å². The third-order valence-corrected chi connectivity index (χ3v) is 5.67. The van der Waals surface area contributed by atoms with Crippen molar-refractivity contribution in [3.05, 3.63) is 46.3 Å². The van der Waals surface area contributed by atoms with E-state index >= 15 is 0 Å². The Morgan fingerprint density at radius 1 is 1.43 bits per heavy atom. The van der Waals surface area contributed by atoms with Crippen LogP contribution >= 0.6 is 22.7 Å². The summed E-state index contributed by atoms with van der Waals surface area (Å²) in [7, 11) is 0. The van der Waals surface area contributed by atoms with Gasteiger partial charge in [-0.05, 0) is 11.4 Å². The van der Waals surface area contributed by atoms with Gasteiger partial charge in [0.25, 0.3) is 0 Å². The van der Waals surface area contributed by atoms with Crippen LogP contribution < -0.4 is 10.6 Å². The molecular weight excluding hydrogens is 330 g/mol. The molecule has 0 spiro atoms. The zero-order valence-electron chi connectivity index (χ0n) is 12.2. The molecule has 118 valence electrons. The Hall–Kier alpha value is -2.03. The summed E-state index contributed by atoms with van der Waals surface area (Å²) in [6, 6.07) is 3.68. The molecule has 0 saturated heterocycles. The van der Waals surface area contributed by atoms with Crippen molar-refractivity contribution in [1.29, 1.82) is 0 Å². The Bertz CT molecular complexity index is 808. The quantitative estimate of drug-likeness (QED) is 0.676. The van der Waals surface area contributed by atoms with Gasteiger partial charge in [0, 0.05) is 24.0 Å². The van der Waals surface area contributed by atoms with Gasteiger partial charge in [-0.2, -0.15) is 0 Å². The van der Waals surface area contributed by atoms with E-state index in [9.17, 15) is 4.79 Å². The van der Waals surface area contributed by atoms with Crippen LogP contribution in [0.25, 0.3) is 9.88 Å². The molecule has 0 bridgehead atoms. The van der Waals surface area contributed by atoms with Gasteiger partial charge in [0.2, 0.25) is 5.91 Å². The van der Waals surface area contributed by atoms with Gasteiger partial charge in [0.15, 0.2) is 0 Å². The minimum absolute atomic E-state index is 0.0660. The standard InChI is InChI=1S/C15H15N5OS2/c21-14(13-12-10(3-4-16-13)18-8-19-12)17-6-9-7-23-15(20-9)11-2-1-5-22-11/h1-2,5,7-8,13,16H,3-4,6H2,(H,17,21)(H,18,19)/t13-/m1/s1. The van der Waals surface area contributed by atoms with Gasteiger partial charge < -0.3 is 15.6 Å². The van der Waals surface area contributed by atoms with Crippen LogP contribution in [0.5, 0.6) is 0 Å². The number of amides is 1. The number of imidazole rings is 1. The molecule has 0 radical (unpaired) electrons. The molecule has 0 unspecified atom stereocenters. The van der Waals surface area contributed by atoms with E-state index in [0.29, 0.717) is 6.54 Å². The van der Waals surface area contributed by atoms with Crippen molar-refractivity contribution < 1.29 is 4.79 Å². The van der Waals surface area contributed by atoms with Crippen LogP contribution in [0.4, 0.5) is 0 Å². The van der Waals surface area contributed by atoms with Crippen molar-refractivity contribution in [1.82, 2.24) is 25.6 Å². The fraction of sp³-hybridized carbons (Fsp3) is 0.267. The van der Waals surface area contributed by atoms with Crippen molar-refractivity contribution in [2.45, 2.75) is 19.0 Å². The van der Waals surface area contributed by atoms with E-state index in [0.717, 1.165) is 39.9 Å². The second-order valence-electron chi connectivity index (χ2n) is 5.24. The first-order valence-corrected chi connectivity index (χ1v) is 9.09. The Morgan fingerprint density at radius 3 is 3.26 bits per heavy atom. The first kappa shape index (κ1) is 14.6. The molecule has 1 aliphatic heterocycles. The van der Waals surface area contributed by atoms with E-state index in [4.69, 9.17) is 0 Å². The molecule has 3 aromatic rings. The van der Waals surface area contributed by atoms with Gasteiger partial charge in [0.1, 0.15) is 11.0 Å². The molecule has 0 aliphatic carbocycles. The molecule has 0 saturated carbocycles. The summed E-state index contributed by atoms with van der Waals surface area (Å²) >= 11 is 3.27. The van der Waals surface area contributed by atoms with E-state index in [1.807, 2.05) is 16.8 Å². The second-order valence-corrected chi connectivity index (χ2v) is 7.05. The highest BCUT2D eigenvalue weighted by molar-refractivity contribution is 7.20. The lowest BCUT2D eigenvalue weighted by Gasteiger charge is -2.21. The van der Waals surface area contributed by atoms with E-state index in [1.54, 1.807) is 29.0 Å². The summed E-state index contributed by atoms with van der Waals surface area (Å²) in [5.74, 6) is -0.0660. The molecule has 3 N–H and O–H groups in total. The number of H-pyrrole nitrogens is 1. The number of rotatable bonds is 4. The normalized spacial score (nSPS) is 17.0. The lowest BCUT2D eigenvalue weighted by Crippen LogP contribution is -2.41. The molecule has 1 aliphatic rings. The summed E-state index contributed by atoms with van der Waals surface area (Å²) in [5, 5.41) is 11.2. The molecule has 4 heterocycles. The fourth-order valence-corrected chi connectivity index (χ4v) is 4.25. The van der Waals surface area contributed by atoms with E-state index in [2.05, 4.69) is 31.7 Å². The zero-order valence-corrected chi connectivity index (χ0v) is 13.8. The van der Waals surface area contributed by atoms with E-state index in [-0.39, 0.29) is 11.9 Å². The van der Waals surface area contributed by atoms with Gasteiger partial charge >= 0.3 is 0 Å². The van der Waals surface area contributed by atoms with Crippen molar-refractivity contribution in [3.63, 3.8) is 0 Å². The highest BCUT2D eigenvalue weighted by Gasteiger charge is 2.28. The first-order valence-electron chi connectivity index (χ1n) is 7.33. The Morgan fingerprint density at radius 2 is 2.39 bits per heavy atom. The predicted octanol–water partition coefficient (Wildman–Crippen LogP) is 2.10. The SMILES string of the molecule is O=C(NCc1csc(-c2cccs2)n1)[C@@H]1NCCc2[nH]cnc21. The van der Waals surface area contributed by atoms with Crippen molar-refractivity contribution in [2.24, 2.45) is 0 Å². The van der Waals surface area contributed by atoms with Gasteiger partial charge in [-0.3, -0.25) is 4.79 Å². The average molecular weight is 345 g/mol. The topological polar surface area (TPSA) is 82.7 Å². The van der Waals surface area contributed by atoms with Crippen molar-refractivity contribution in [2.75, 3.05) is 6.54 Å². The average Bonchev–Trinajstić information content (AvgIpc) is 3.32. The maximum Gasteiger partial charge on any atom is 0.243 e. The molecule has 1 amide bonds. The molecule has 6 nitrogen and oxygen atoms in total. The minimum Gasteiger partial charge on any atom is -0.349 e. The number of hydrogen-bond donors (Lipinski definition) is 3. The van der Waals surface area contributed by atoms with Gasteiger partial charge in [-0.15, -0.1) is 22.7 Å². The van der Waals surface area contributed by atoms with Crippen LogP contribution in [0.1, 0.15) is 23.1 Å². The molecule has 23 heavy (non-hydrogen) atoms. The summed E-state index contributed by atoms with van der Waals surface area (Å²) in [4.78, 5) is 25.5. The number of hydrogen-bond acceptors (Lipinski definition) is 6. The Labute approximate surface area is 141 Å². The summed E-state index contributed by atoms with van der Waals surface area (Å²) in [5.41, 5.74) is 2.72. The number of fused-ring (bicyclic) bond motifs is 1. The number of thiophene rings is 1. The van der Waals surface area contributed by atoms with Crippen LogP contribution in [0, 0.1) is 0 Å². The molecule has 4 rings (SSSR count). The fourth-order valence-electron chi connectivity index (χ4n) is 2.62. The molecule has 1 atom stereocenters. The number of carbonyl (C=O) groups excluding carboxylic acids is 1. The van der Waals surface area contributed by atoms with Crippen LogP contribution in [0.2, 0.25) is 0 Å². The van der Waals surface area contributed by atoms with Gasteiger partial charge in [-0.25, -0.2) is 9.97 Å². The highest BCUT2D eigenvalue weighted by Crippen LogP contribution is 2.27. The van der Waals surface area contributed by atoms with Crippen molar-refractivity contribution in [3.8, 4) is 9.88 Å². The lowest BCUT2D eigenvalue weighted by atomic mass is 10.1. The Balaban J connectivity index is 1.41. The minimum atomic E-state index is -0.389. The predicted molar refractivity (Wildman–Crippen MR) is 90.3 cm³/mol. The zero-order chi connectivity index (χ0) is 15.6. The number of nitrogens with one attached hydrogen (secondary N) is 3. The molecule has 3 aromatic heterocycles. The van der Waals surface area contributed by atoms with Gasteiger partial charge in [-0.1, -0.05) is 6.07 Å². The monoisotopic (exact) mass is 345 g/mol. The Kier molecular flexibility index (Phi) is 3.94. The first-order chi connectivity index (χ1) is 11.3. The van der Waals surface area contributed by atoms with Crippen LogP contribution in [-0.4, -0.2) is 27.4 Å². The molecule has 0 fully saturated rings. The number of aromatic nitrogens is 3. The number of carbonyl (C=O) groups is 1. The lowest BCUT2D eigenvalue weighted by molar-refractivity contribution is -0.123. The smallest absolute Gasteiger partial charge is 0.243 e. The van der Waals surface area contributed by atoms with Crippen LogP contribution in [0.15, 0.2) is 29.2 Å². The number of nitrogens with zero attached hydrogens (tertiary/aromatic N) is 2. The van der Waals surface area contributed by atoms with Crippen LogP contribution in [0.3, 0.4) is 0 Å². The van der Waals surface area contributed by atoms with E-state index < -0.39 is 0 Å². The third kappa shape index (κ3) is 2.92. The molecule has 8 heteroatoms. The number of aromatic amines is 1. The third-order valence-electron chi connectivity index (χ3n) is 3.74. The molecule has 0 aromatic carbocycles. The van der Waals surface area contributed by atoms with E-state index in [1.165, 1.54) is 0 Å². The number of thiazole rings is 1. The summed E-state index contributed by atoms with van der Waals surface area (Å²) < 4.78 is 0. The summed E-state index contributed by atoms with van der Waals surface area (Å²) in [6.07, 6.45) is 2.51. The maximum atomic E-state index is 12.4. The highest BCUT2D eigenvalue weighted by atomic mass is 32.1. The largest absolute Gasteiger partial charge is 0.349 e. The molecular formula is C15H15N5OS2. The summed E-state index contributed by atoms with van der Waals surface area (Å²) in [6.45, 7) is 1.20. The van der Waals surface area contributed by atoms with Gasteiger partial charge in [0.05, 0.1) is 29.1 Å². The maximum absolute atomic E-state index is 12.4.